The van der Waals surface area contributed by atoms with Crippen molar-refractivity contribution < 1.29 is 13.6 Å². The smallest absolute Gasteiger partial charge is 0.261 e. The Labute approximate surface area is 145 Å². The Morgan fingerprint density at radius 3 is 2.56 bits per heavy atom. The van der Waals surface area contributed by atoms with Crippen molar-refractivity contribution in [3.05, 3.63) is 70.1 Å². The number of H-pyrrole nitrogens is 1. The molecule has 0 aliphatic rings. The Bertz CT molecular complexity index is 919. The van der Waals surface area contributed by atoms with Crippen molar-refractivity contribution in [3.63, 3.8) is 0 Å². The molecule has 3 heterocycles. The van der Waals surface area contributed by atoms with Crippen LogP contribution >= 0.6 is 0 Å². The Kier molecular flexibility index (Phi) is 4.61. The van der Waals surface area contributed by atoms with Crippen LogP contribution in [0.5, 0.6) is 0 Å². The first kappa shape index (κ1) is 16.8. The van der Waals surface area contributed by atoms with Gasteiger partial charge in [-0.2, -0.15) is 0 Å². The molecule has 0 saturated carbocycles. The van der Waals surface area contributed by atoms with E-state index in [2.05, 4.69) is 4.98 Å². The number of hydrogen-bond acceptors (Lipinski definition) is 4. The lowest BCUT2D eigenvalue weighted by Gasteiger charge is -2.25. The predicted molar refractivity (Wildman–Crippen MR) is 93.2 cm³/mol. The van der Waals surface area contributed by atoms with E-state index < -0.39 is 5.56 Å². The van der Waals surface area contributed by atoms with Crippen molar-refractivity contribution in [1.82, 2.24) is 9.88 Å². The number of aryl methyl sites for hydroxylation is 1. The summed E-state index contributed by atoms with van der Waals surface area (Å²) in [5, 5.41) is 0. The second-order valence-corrected chi connectivity index (χ2v) is 6.13. The summed E-state index contributed by atoms with van der Waals surface area (Å²) in [5.41, 5.74) is 0.178. The number of nitrogens with zero attached hydrogens (tertiary/aromatic N) is 1. The SMILES string of the molecule is Cc1ccc(CN(C(=O)c2ccc(-c3ccco3)[nH]c2=O)C(C)C)o1. The summed E-state index contributed by atoms with van der Waals surface area (Å²) < 4.78 is 10.8. The minimum atomic E-state index is -0.444. The van der Waals surface area contributed by atoms with Crippen LogP contribution in [0.15, 0.2) is 56.3 Å². The predicted octanol–water partition coefficient (Wildman–Crippen LogP) is 3.59. The number of pyridine rings is 1. The molecule has 6 heteroatoms. The van der Waals surface area contributed by atoms with Crippen LogP contribution < -0.4 is 5.56 Å². The molecule has 0 saturated heterocycles. The number of aromatic amines is 1. The number of rotatable bonds is 5. The molecular formula is C19H20N2O4. The molecule has 3 rings (SSSR count). The van der Waals surface area contributed by atoms with Crippen molar-refractivity contribution >= 4 is 5.91 Å². The van der Waals surface area contributed by atoms with Crippen LogP contribution in [-0.4, -0.2) is 21.8 Å². The lowest BCUT2D eigenvalue weighted by molar-refractivity contribution is 0.0673. The fourth-order valence-electron chi connectivity index (χ4n) is 2.60. The van der Waals surface area contributed by atoms with E-state index >= 15 is 0 Å². The molecule has 130 valence electrons. The largest absolute Gasteiger partial charge is 0.464 e. The first-order valence-corrected chi connectivity index (χ1v) is 8.09. The zero-order valence-electron chi connectivity index (χ0n) is 14.4. The molecule has 6 nitrogen and oxygen atoms in total. The van der Waals surface area contributed by atoms with E-state index in [0.717, 1.165) is 5.76 Å². The van der Waals surface area contributed by atoms with Crippen molar-refractivity contribution in [1.29, 1.82) is 0 Å². The van der Waals surface area contributed by atoms with Gasteiger partial charge >= 0.3 is 0 Å². The summed E-state index contributed by atoms with van der Waals surface area (Å²) in [6.45, 7) is 5.96. The quantitative estimate of drug-likeness (QED) is 0.770. The van der Waals surface area contributed by atoms with E-state index in [1.54, 1.807) is 23.1 Å². The third-order valence-electron chi connectivity index (χ3n) is 3.93. The number of nitrogens with one attached hydrogen (secondary N) is 1. The van der Waals surface area contributed by atoms with Gasteiger partial charge < -0.3 is 18.7 Å². The summed E-state index contributed by atoms with van der Waals surface area (Å²) >= 11 is 0. The van der Waals surface area contributed by atoms with E-state index in [4.69, 9.17) is 8.83 Å². The van der Waals surface area contributed by atoms with Crippen LogP contribution in [0.1, 0.15) is 35.7 Å². The number of aromatic nitrogens is 1. The Balaban J connectivity index is 1.88. The summed E-state index contributed by atoms with van der Waals surface area (Å²) in [6.07, 6.45) is 1.53. The normalized spacial score (nSPS) is 11.0. The summed E-state index contributed by atoms with van der Waals surface area (Å²) in [5.74, 6) is 1.68. The minimum Gasteiger partial charge on any atom is -0.464 e. The highest BCUT2D eigenvalue weighted by molar-refractivity contribution is 5.94. The first-order chi connectivity index (χ1) is 12.0. The highest BCUT2D eigenvalue weighted by atomic mass is 16.3. The standard InChI is InChI=1S/C19H20N2O4/c1-12(2)21(11-14-7-6-13(3)25-14)19(23)15-8-9-16(20-18(15)22)17-5-4-10-24-17/h4-10,12H,11H2,1-3H3,(H,20,22). The van der Waals surface area contributed by atoms with Gasteiger partial charge in [-0.25, -0.2) is 0 Å². The van der Waals surface area contributed by atoms with Gasteiger partial charge in [0, 0.05) is 6.04 Å². The van der Waals surface area contributed by atoms with E-state index in [9.17, 15) is 9.59 Å². The lowest BCUT2D eigenvalue weighted by atomic mass is 10.1. The molecule has 0 aromatic carbocycles. The topological polar surface area (TPSA) is 79.5 Å². The fourth-order valence-corrected chi connectivity index (χ4v) is 2.60. The molecule has 0 radical (unpaired) electrons. The molecule has 3 aromatic heterocycles. The average Bonchev–Trinajstić information content (AvgIpc) is 3.23. The van der Waals surface area contributed by atoms with E-state index in [0.29, 0.717) is 23.8 Å². The van der Waals surface area contributed by atoms with E-state index in [1.807, 2.05) is 32.9 Å². The Hall–Kier alpha value is -3.02. The third kappa shape index (κ3) is 3.57. The van der Waals surface area contributed by atoms with Crippen molar-refractivity contribution in [2.75, 3.05) is 0 Å². The van der Waals surface area contributed by atoms with Gasteiger partial charge in [-0.1, -0.05) is 0 Å². The molecule has 1 amide bonds. The molecule has 25 heavy (non-hydrogen) atoms. The Morgan fingerprint density at radius 1 is 1.20 bits per heavy atom. The number of hydrogen-bond donors (Lipinski definition) is 1. The van der Waals surface area contributed by atoms with Gasteiger partial charge in [0.05, 0.1) is 18.5 Å². The van der Waals surface area contributed by atoms with E-state index in [-0.39, 0.29) is 17.5 Å². The molecule has 0 bridgehead atoms. The lowest BCUT2D eigenvalue weighted by Crippen LogP contribution is -2.39. The Morgan fingerprint density at radius 2 is 2.00 bits per heavy atom. The van der Waals surface area contributed by atoms with E-state index in [1.165, 1.54) is 12.3 Å². The van der Waals surface area contributed by atoms with Crippen LogP contribution in [0.4, 0.5) is 0 Å². The zero-order chi connectivity index (χ0) is 18.0. The van der Waals surface area contributed by atoms with Crippen molar-refractivity contribution in [3.8, 4) is 11.5 Å². The first-order valence-electron chi connectivity index (χ1n) is 8.09. The van der Waals surface area contributed by atoms with Crippen LogP contribution in [0.2, 0.25) is 0 Å². The average molecular weight is 340 g/mol. The molecule has 3 aromatic rings. The second kappa shape index (κ2) is 6.84. The summed E-state index contributed by atoms with van der Waals surface area (Å²) in [7, 11) is 0. The van der Waals surface area contributed by atoms with Crippen LogP contribution in [-0.2, 0) is 6.54 Å². The highest BCUT2D eigenvalue weighted by Crippen LogP contribution is 2.18. The minimum absolute atomic E-state index is 0.0814. The second-order valence-electron chi connectivity index (χ2n) is 6.13. The van der Waals surface area contributed by atoms with Gasteiger partial charge in [0.1, 0.15) is 22.8 Å². The molecule has 0 fully saturated rings. The molecule has 0 aliphatic carbocycles. The van der Waals surface area contributed by atoms with Gasteiger partial charge in [-0.3, -0.25) is 9.59 Å². The molecule has 0 spiro atoms. The maximum Gasteiger partial charge on any atom is 0.261 e. The van der Waals surface area contributed by atoms with Gasteiger partial charge in [-0.15, -0.1) is 0 Å². The maximum atomic E-state index is 12.9. The monoisotopic (exact) mass is 340 g/mol. The van der Waals surface area contributed by atoms with Crippen LogP contribution in [0, 0.1) is 6.92 Å². The molecule has 0 unspecified atom stereocenters. The molecule has 0 aliphatic heterocycles. The van der Waals surface area contributed by atoms with Gasteiger partial charge in [0.15, 0.2) is 0 Å². The van der Waals surface area contributed by atoms with Gasteiger partial charge in [-0.05, 0) is 57.2 Å². The number of furan rings is 2. The number of amides is 1. The summed E-state index contributed by atoms with van der Waals surface area (Å²) in [4.78, 5) is 29.6. The highest BCUT2D eigenvalue weighted by Gasteiger charge is 2.23. The molecule has 1 N–H and O–H groups in total. The number of carbonyl (C=O) groups is 1. The van der Waals surface area contributed by atoms with Crippen molar-refractivity contribution in [2.45, 2.75) is 33.4 Å². The summed E-state index contributed by atoms with van der Waals surface area (Å²) in [6, 6.07) is 10.3. The fraction of sp³-hybridized carbons (Fsp3) is 0.263. The molecule has 0 atom stereocenters. The zero-order valence-corrected chi connectivity index (χ0v) is 14.4. The van der Waals surface area contributed by atoms with Crippen LogP contribution in [0.3, 0.4) is 0 Å². The number of carbonyl (C=O) groups excluding carboxylic acids is 1. The van der Waals surface area contributed by atoms with Crippen molar-refractivity contribution in [2.24, 2.45) is 0 Å². The molecular weight excluding hydrogens is 320 g/mol. The van der Waals surface area contributed by atoms with Gasteiger partial charge in [0.2, 0.25) is 0 Å². The third-order valence-corrected chi connectivity index (χ3v) is 3.93. The van der Waals surface area contributed by atoms with Crippen LogP contribution in [0.25, 0.3) is 11.5 Å². The maximum absolute atomic E-state index is 12.9. The van der Waals surface area contributed by atoms with Gasteiger partial charge in [0.25, 0.3) is 11.5 Å².